The zero-order chi connectivity index (χ0) is 9.52. The highest BCUT2D eigenvalue weighted by molar-refractivity contribution is 5.80. The van der Waals surface area contributed by atoms with E-state index in [-0.39, 0.29) is 11.6 Å². The summed E-state index contributed by atoms with van der Waals surface area (Å²) >= 11 is 0. The van der Waals surface area contributed by atoms with Crippen LogP contribution in [0.1, 0.15) is 20.8 Å². The van der Waals surface area contributed by atoms with Crippen LogP contribution < -0.4 is 0 Å². The van der Waals surface area contributed by atoms with E-state index in [0.29, 0.717) is 6.54 Å². The number of hydrogen-bond acceptors (Lipinski definition) is 1. The standard InChI is InChI=1S/C9H16N2O/c1-7-6-11(9(2,3)4)8(12)10(7)5/h1,6H2,2-5H3. The Kier molecular flexibility index (Phi) is 1.90. The number of amides is 2. The van der Waals surface area contributed by atoms with Crippen molar-refractivity contribution in [3.05, 3.63) is 12.3 Å². The van der Waals surface area contributed by atoms with E-state index in [9.17, 15) is 4.79 Å². The van der Waals surface area contributed by atoms with Crippen LogP contribution in [-0.2, 0) is 0 Å². The molecule has 2 amide bonds. The number of carbonyl (C=O) groups excluding carboxylic acids is 1. The second-order valence-electron chi connectivity index (χ2n) is 4.16. The van der Waals surface area contributed by atoms with Crippen molar-refractivity contribution >= 4 is 6.03 Å². The molecule has 1 rings (SSSR count). The van der Waals surface area contributed by atoms with E-state index in [0.717, 1.165) is 5.70 Å². The van der Waals surface area contributed by atoms with Gasteiger partial charge in [-0.1, -0.05) is 6.58 Å². The first-order valence-corrected chi connectivity index (χ1v) is 4.07. The second kappa shape index (κ2) is 2.51. The molecule has 0 radical (unpaired) electrons. The summed E-state index contributed by atoms with van der Waals surface area (Å²) in [4.78, 5) is 15.0. The van der Waals surface area contributed by atoms with Crippen molar-refractivity contribution in [2.24, 2.45) is 0 Å². The average molecular weight is 168 g/mol. The highest BCUT2D eigenvalue weighted by atomic mass is 16.2. The van der Waals surface area contributed by atoms with Crippen molar-refractivity contribution in [2.75, 3.05) is 13.6 Å². The highest BCUT2D eigenvalue weighted by Gasteiger charge is 2.35. The van der Waals surface area contributed by atoms with Gasteiger partial charge in [-0.2, -0.15) is 0 Å². The van der Waals surface area contributed by atoms with Gasteiger partial charge in [-0.05, 0) is 20.8 Å². The molecule has 0 aromatic carbocycles. The van der Waals surface area contributed by atoms with Crippen LogP contribution in [0.2, 0.25) is 0 Å². The summed E-state index contributed by atoms with van der Waals surface area (Å²) in [7, 11) is 1.76. The van der Waals surface area contributed by atoms with Gasteiger partial charge in [0.25, 0.3) is 0 Å². The zero-order valence-corrected chi connectivity index (χ0v) is 8.22. The zero-order valence-electron chi connectivity index (χ0n) is 8.22. The normalized spacial score (nSPS) is 19.3. The average Bonchev–Trinajstić information content (AvgIpc) is 2.15. The molecule has 0 saturated carbocycles. The largest absolute Gasteiger partial charge is 0.324 e. The molecule has 1 fully saturated rings. The van der Waals surface area contributed by atoms with Crippen LogP contribution in [0, 0.1) is 0 Å². The van der Waals surface area contributed by atoms with E-state index in [1.165, 1.54) is 0 Å². The summed E-state index contributed by atoms with van der Waals surface area (Å²) in [5.41, 5.74) is 0.764. The van der Waals surface area contributed by atoms with Gasteiger partial charge in [0.2, 0.25) is 0 Å². The first-order valence-electron chi connectivity index (χ1n) is 4.07. The molecule has 0 N–H and O–H groups in total. The van der Waals surface area contributed by atoms with Crippen molar-refractivity contribution in [1.82, 2.24) is 9.80 Å². The molecule has 0 spiro atoms. The fourth-order valence-corrected chi connectivity index (χ4v) is 1.20. The van der Waals surface area contributed by atoms with E-state index in [1.807, 2.05) is 25.7 Å². The molecule has 1 heterocycles. The minimum absolute atomic E-state index is 0.0486. The van der Waals surface area contributed by atoms with E-state index in [1.54, 1.807) is 11.9 Å². The number of likely N-dealkylation sites (N-methyl/N-ethyl adjacent to an activating group) is 1. The first kappa shape index (κ1) is 9.10. The Morgan fingerprint density at radius 3 is 2.08 bits per heavy atom. The number of rotatable bonds is 0. The number of carbonyl (C=O) groups is 1. The Balaban J connectivity index is 2.86. The molecule has 68 valence electrons. The van der Waals surface area contributed by atoms with Crippen LogP contribution in [0.25, 0.3) is 0 Å². The molecule has 0 aromatic rings. The monoisotopic (exact) mass is 168 g/mol. The molecule has 3 heteroatoms. The van der Waals surface area contributed by atoms with Gasteiger partial charge < -0.3 is 4.90 Å². The molecule has 0 aliphatic carbocycles. The van der Waals surface area contributed by atoms with Crippen LogP contribution in [0.5, 0.6) is 0 Å². The minimum atomic E-state index is -0.106. The summed E-state index contributed by atoms with van der Waals surface area (Å²) < 4.78 is 0. The molecule has 1 saturated heterocycles. The van der Waals surface area contributed by atoms with Crippen LogP contribution in [0.3, 0.4) is 0 Å². The molecule has 0 atom stereocenters. The van der Waals surface area contributed by atoms with Crippen LogP contribution in [0.15, 0.2) is 12.3 Å². The van der Waals surface area contributed by atoms with Crippen molar-refractivity contribution in [3.63, 3.8) is 0 Å². The lowest BCUT2D eigenvalue weighted by Gasteiger charge is -2.30. The van der Waals surface area contributed by atoms with Crippen molar-refractivity contribution < 1.29 is 4.79 Å². The molecule has 12 heavy (non-hydrogen) atoms. The topological polar surface area (TPSA) is 23.6 Å². The smallest absolute Gasteiger partial charge is 0.314 e. The molecule has 1 aliphatic rings. The first-order chi connectivity index (χ1) is 5.34. The summed E-state index contributed by atoms with van der Waals surface area (Å²) in [6.07, 6.45) is 0. The third kappa shape index (κ3) is 1.31. The Morgan fingerprint density at radius 2 is 1.92 bits per heavy atom. The lowest BCUT2D eigenvalue weighted by molar-refractivity contribution is 0.159. The predicted octanol–water partition coefficient (Wildman–Crippen LogP) is 1.67. The van der Waals surface area contributed by atoms with Gasteiger partial charge in [0.1, 0.15) is 0 Å². The molecule has 1 aliphatic heterocycles. The molecular formula is C9H16N2O. The number of nitrogens with zero attached hydrogens (tertiary/aromatic N) is 2. The minimum Gasteiger partial charge on any atom is -0.314 e. The van der Waals surface area contributed by atoms with Gasteiger partial charge in [-0.3, -0.25) is 4.90 Å². The second-order valence-corrected chi connectivity index (χ2v) is 4.16. The lowest BCUT2D eigenvalue weighted by Crippen LogP contribution is -2.43. The van der Waals surface area contributed by atoms with Gasteiger partial charge in [0.05, 0.1) is 6.54 Å². The summed E-state index contributed by atoms with van der Waals surface area (Å²) in [5, 5.41) is 0. The van der Waals surface area contributed by atoms with Crippen molar-refractivity contribution in [2.45, 2.75) is 26.3 Å². The lowest BCUT2D eigenvalue weighted by atomic mass is 10.1. The van der Waals surface area contributed by atoms with Crippen molar-refractivity contribution in [3.8, 4) is 0 Å². The fourth-order valence-electron chi connectivity index (χ4n) is 1.20. The van der Waals surface area contributed by atoms with Gasteiger partial charge >= 0.3 is 6.03 Å². The number of urea groups is 1. The molecule has 0 aromatic heterocycles. The maximum absolute atomic E-state index is 11.6. The van der Waals surface area contributed by atoms with Crippen LogP contribution >= 0.6 is 0 Å². The van der Waals surface area contributed by atoms with Gasteiger partial charge in [-0.15, -0.1) is 0 Å². The predicted molar refractivity (Wildman–Crippen MR) is 48.8 cm³/mol. The summed E-state index contributed by atoms with van der Waals surface area (Å²) in [5.74, 6) is 0. The molecule has 0 unspecified atom stereocenters. The van der Waals surface area contributed by atoms with Crippen molar-refractivity contribution in [1.29, 1.82) is 0 Å². The summed E-state index contributed by atoms with van der Waals surface area (Å²) in [6.45, 7) is 10.5. The van der Waals surface area contributed by atoms with Crippen LogP contribution in [-0.4, -0.2) is 35.0 Å². The fraction of sp³-hybridized carbons (Fsp3) is 0.667. The van der Waals surface area contributed by atoms with Crippen LogP contribution in [0.4, 0.5) is 4.79 Å². The Bertz CT molecular complexity index is 227. The third-order valence-electron chi connectivity index (χ3n) is 2.14. The highest BCUT2D eigenvalue weighted by Crippen LogP contribution is 2.23. The van der Waals surface area contributed by atoms with E-state index in [4.69, 9.17) is 0 Å². The van der Waals surface area contributed by atoms with Gasteiger partial charge in [0.15, 0.2) is 0 Å². The SMILES string of the molecule is C=C1CN(C(C)(C)C)C(=O)N1C. The molecule has 3 nitrogen and oxygen atoms in total. The Hall–Kier alpha value is -0.990. The molecular weight excluding hydrogens is 152 g/mol. The van der Waals surface area contributed by atoms with Gasteiger partial charge in [0, 0.05) is 18.3 Å². The van der Waals surface area contributed by atoms with Gasteiger partial charge in [-0.25, -0.2) is 4.79 Å². The van der Waals surface area contributed by atoms with E-state index < -0.39 is 0 Å². The Morgan fingerprint density at radius 1 is 1.42 bits per heavy atom. The third-order valence-corrected chi connectivity index (χ3v) is 2.14. The number of hydrogen-bond donors (Lipinski definition) is 0. The Labute approximate surface area is 73.6 Å². The summed E-state index contributed by atoms with van der Waals surface area (Å²) in [6, 6.07) is 0.0486. The van der Waals surface area contributed by atoms with E-state index >= 15 is 0 Å². The molecule has 0 bridgehead atoms. The van der Waals surface area contributed by atoms with E-state index in [2.05, 4.69) is 6.58 Å². The maximum atomic E-state index is 11.6. The maximum Gasteiger partial charge on any atom is 0.324 e. The quantitative estimate of drug-likeness (QED) is 0.539.